The fourth-order valence-corrected chi connectivity index (χ4v) is 2.07. The van der Waals surface area contributed by atoms with Crippen LogP contribution in [0.4, 0.5) is 4.39 Å². The summed E-state index contributed by atoms with van der Waals surface area (Å²) in [6.07, 6.45) is 1.86. The molecule has 0 saturated carbocycles. The molecule has 1 aromatic carbocycles. The van der Waals surface area contributed by atoms with Crippen molar-refractivity contribution in [3.8, 4) is 0 Å². The van der Waals surface area contributed by atoms with E-state index >= 15 is 0 Å². The Labute approximate surface area is 108 Å². The van der Waals surface area contributed by atoms with Crippen molar-refractivity contribution in [3.63, 3.8) is 0 Å². The van der Waals surface area contributed by atoms with Crippen LogP contribution in [0, 0.1) is 5.82 Å². The molecule has 0 saturated heterocycles. The number of furan rings is 1. The van der Waals surface area contributed by atoms with Crippen LogP contribution in [0.5, 0.6) is 0 Å². The van der Waals surface area contributed by atoms with Crippen LogP contribution in [0.3, 0.4) is 0 Å². The highest BCUT2D eigenvalue weighted by Gasteiger charge is 2.15. The van der Waals surface area contributed by atoms with Crippen LogP contribution >= 0.6 is 23.2 Å². The van der Waals surface area contributed by atoms with E-state index in [0.717, 1.165) is 0 Å². The largest absolute Gasteiger partial charge is 0.453 e. The summed E-state index contributed by atoms with van der Waals surface area (Å²) in [5.74, 6) is -0.338. The van der Waals surface area contributed by atoms with Crippen LogP contribution in [-0.2, 0) is 6.42 Å². The highest BCUT2D eigenvalue weighted by atomic mass is 35.5. The maximum absolute atomic E-state index is 13.1. The second-order valence-electron chi connectivity index (χ2n) is 3.70. The normalized spacial score (nSPS) is 12.7. The van der Waals surface area contributed by atoms with Gasteiger partial charge in [-0.25, -0.2) is 4.39 Å². The maximum atomic E-state index is 13.1. The van der Waals surface area contributed by atoms with Gasteiger partial charge in [-0.05, 0) is 47.9 Å². The Bertz CT molecular complexity index is 527. The Morgan fingerprint density at radius 2 is 2.06 bits per heavy atom. The van der Waals surface area contributed by atoms with Gasteiger partial charge in [0.05, 0.1) is 6.26 Å². The highest BCUT2D eigenvalue weighted by molar-refractivity contribution is 6.31. The zero-order valence-electron chi connectivity index (χ0n) is 8.79. The lowest BCUT2D eigenvalue weighted by Crippen LogP contribution is -2.13. The minimum atomic E-state index is -0.374. The Kier molecular flexibility index (Phi) is 3.72. The van der Waals surface area contributed by atoms with Crippen molar-refractivity contribution < 1.29 is 8.81 Å². The molecule has 5 heteroatoms. The smallest absolute Gasteiger partial charge is 0.197 e. The van der Waals surface area contributed by atoms with Crippen molar-refractivity contribution in [2.75, 3.05) is 0 Å². The van der Waals surface area contributed by atoms with Crippen molar-refractivity contribution in [2.24, 2.45) is 5.73 Å². The van der Waals surface area contributed by atoms with E-state index in [2.05, 4.69) is 0 Å². The Morgan fingerprint density at radius 3 is 2.71 bits per heavy atom. The summed E-state index contributed by atoms with van der Waals surface area (Å²) in [5, 5.41) is 0.742. The average Bonchev–Trinajstić information content (AvgIpc) is 2.70. The molecule has 90 valence electrons. The summed E-state index contributed by atoms with van der Waals surface area (Å²) in [6.45, 7) is 0. The van der Waals surface area contributed by atoms with E-state index in [1.54, 1.807) is 6.07 Å². The molecule has 2 N–H and O–H groups in total. The first kappa shape index (κ1) is 12.4. The van der Waals surface area contributed by atoms with Gasteiger partial charge >= 0.3 is 0 Å². The summed E-state index contributed by atoms with van der Waals surface area (Å²) < 4.78 is 18.0. The van der Waals surface area contributed by atoms with E-state index < -0.39 is 0 Å². The molecule has 1 unspecified atom stereocenters. The zero-order chi connectivity index (χ0) is 12.4. The van der Waals surface area contributed by atoms with Gasteiger partial charge in [-0.3, -0.25) is 0 Å². The molecular weight excluding hydrogens is 264 g/mol. The number of hydrogen-bond acceptors (Lipinski definition) is 2. The van der Waals surface area contributed by atoms with Crippen molar-refractivity contribution in [1.82, 2.24) is 0 Å². The monoisotopic (exact) mass is 273 g/mol. The zero-order valence-corrected chi connectivity index (χ0v) is 10.3. The van der Waals surface area contributed by atoms with E-state index in [-0.39, 0.29) is 17.1 Å². The van der Waals surface area contributed by atoms with Crippen molar-refractivity contribution in [1.29, 1.82) is 0 Å². The molecule has 1 atom stereocenters. The first-order valence-electron chi connectivity index (χ1n) is 5.00. The number of hydrogen-bond donors (Lipinski definition) is 1. The van der Waals surface area contributed by atoms with E-state index in [4.69, 9.17) is 33.4 Å². The molecule has 1 heterocycles. The number of benzene rings is 1. The van der Waals surface area contributed by atoms with Gasteiger partial charge in [0.1, 0.15) is 5.82 Å². The Balaban J connectivity index is 2.21. The summed E-state index contributed by atoms with van der Waals surface area (Å²) in [4.78, 5) is 0. The van der Waals surface area contributed by atoms with E-state index in [1.165, 1.54) is 24.5 Å². The minimum absolute atomic E-state index is 0.255. The molecule has 0 aliphatic carbocycles. The summed E-state index contributed by atoms with van der Waals surface area (Å²) in [7, 11) is 0. The van der Waals surface area contributed by atoms with Crippen molar-refractivity contribution >= 4 is 23.2 Å². The molecule has 0 fully saturated rings. The van der Waals surface area contributed by atoms with Gasteiger partial charge in [0.25, 0.3) is 0 Å². The molecule has 0 aliphatic heterocycles. The maximum Gasteiger partial charge on any atom is 0.197 e. The molecule has 2 rings (SSSR count). The predicted octanol–water partition coefficient (Wildman–Crippen LogP) is 3.97. The van der Waals surface area contributed by atoms with Crippen LogP contribution in [0.15, 0.2) is 34.9 Å². The molecule has 0 spiro atoms. The molecule has 1 aromatic heterocycles. The predicted molar refractivity (Wildman–Crippen MR) is 65.8 cm³/mol. The second-order valence-corrected chi connectivity index (χ2v) is 4.45. The van der Waals surface area contributed by atoms with E-state index in [9.17, 15) is 4.39 Å². The third-order valence-corrected chi connectivity index (χ3v) is 3.17. The summed E-state index contributed by atoms with van der Waals surface area (Å²) in [5.41, 5.74) is 7.30. The Morgan fingerprint density at radius 1 is 1.29 bits per heavy atom. The van der Waals surface area contributed by atoms with Gasteiger partial charge in [0.2, 0.25) is 0 Å². The lowest BCUT2D eigenvalue weighted by Gasteiger charge is -2.11. The number of nitrogens with two attached hydrogens (primary N) is 1. The lowest BCUT2D eigenvalue weighted by atomic mass is 10.0. The Hall–Kier alpha value is -1.03. The quantitative estimate of drug-likeness (QED) is 0.919. The number of halogens is 3. The van der Waals surface area contributed by atoms with Gasteiger partial charge < -0.3 is 10.2 Å². The molecule has 0 bridgehead atoms. The number of rotatable bonds is 3. The SMILES string of the molecule is NC(Cc1cc(F)ccc1Cl)c1ccoc1Cl. The first-order valence-corrected chi connectivity index (χ1v) is 5.76. The lowest BCUT2D eigenvalue weighted by molar-refractivity contribution is 0.560. The fourth-order valence-electron chi connectivity index (χ4n) is 1.62. The highest BCUT2D eigenvalue weighted by Crippen LogP contribution is 2.27. The minimum Gasteiger partial charge on any atom is -0.453 e. The van der Waals surface area contributed by atoms with Crippen molar-refractivity contribution in [2.45, 2.75) is 12.5 Å². The van der Waals surface area contributed by atoms with E-state index in [1.807, 2.05) is 0 Å². The summed E-state index contributed by atoms with van der Waals surface area (Å²) in [6, 6.07) is 5.51. The fraction of sp³-hybridized carbons (Fsp3) is 0.167. The van der Waals surface area contributed by atoms with Gasteiger partial charge in [0.15, 0.2) is 5.22 Å². The topological polar surface area (TPSA) is 39.2 Å². The molecule has 0 radical (unpaired) electrons. The standard InChI is InChI=1S/C12H10Cl2FNO/c13-10-2-1-8(15)5-7(10)6-11(16)9-3-4-17-12(9)14/h1-5,11H,6,16H2. The molecule has 0 amide bonds. The summed E-state index contributed by atoms with van der Waals surface area (Å²) >= 11 is 11.8. The van der Waals surface area contributed by atoms with Crippen molar-refractivity contribution in [3.05, 3.63) is 57.7 Å². The van der Waals surface area contributed by atoms with Gasteiger partial charge in [-0.2, -0.15) is 0 Å². The second kappa shape index (κ2) is 5.08. The third kappa shape index (κ3) is 2.80. The van der Waals surface area contributed by atoms with Crippen LogP contribution < -0.4 is 5.73 Å². The van der Waals surface area contributed by atoms with Crippen LogP contribution in [0.25, 0.3) is 0 Å². The molecule has 17 heavy (non-hydrogen) atoms. The molecule has 2 aromatic rings. The molecule has 0 aliphatic rings. The molecular formula is C12H10Cl2FNO. The van der Waals surface area contributed by atoms with Gasteiger partial charge in [-0.15, -0.1) is 0 Å². The van der Waals surface area contributed by atoms with Crippen LogP contribution in [0.1, 0.15) is 17.2 Å². The first-order chi connectivity index (χ1) is 8.08. The van der Waals surface area contributed by atoms with Crippen LogP contribution in [-0.4, -0.2) is 0 Å². The van der Waals surface area contributed by atoms with E-state index in [0.29, 0.717) is 22.6 Å². The van der Waals surface area contributed by atoms with Gasteiger partial charge in [0, 0.05) is 16.6 Å². The average molecular weight is 274 g/mol. The van der Waals surface area contributed by atoms with Gasteiger partial charge in [-0.1, -0.05) is 11.6 Å². The third-order valence-electron chi connectivity index (χ3n) is 2.49. The van der Waals surface area contributed by atoms with Crippen LogP contribution in [0.2, 0.25) is 10.2 Å². The molecule has 2 nitrogen and oxygen atoms in total.